The van der Waals surface area contributed by atoms with E-state index in [0.29, 0.717) is 5.92 Å². The first-order valence-corrected chi connectivity index (χ1v) is 5.40. The second-order valence-corrected chi connectivity index (χ2v) is 4.32. The lowest BCUT2D eigenvalue weighted by Gasteiger charge is -2.19. The minimum absolute atomic E-state index is 0.670. The molecule has 1 heterocycles. The van der Waals surface area contributed by atoms with Crippen LogP contribution < -0.4 is 0 Å². The summed E-state index contributed by atoms with van der Waals surface area (Å²) >= 11 is 3.51. The molecule has 1 aromatic heterocycles. The van der Waals surface area contributed by atoms with Gasteiger partial charge in [0.05, 0.1) is 10.7 Å². The molecule has 0 bridgehead atoms. The fraction of sp³-hybridized carbons (Fsp3) is 0.600. The van der Waals surface area contributed by atoms with Crippen LogP contribution in [0.25, 0.3) is 0 Å². The molecule has 12 heavy (non-hydrogen) atoms. The SMILES string of the molecule is Brc1ccoc1C1CCCCC1. The maximum absolute atomic E-state index is 5.46. The molecule has 1 fully saturated rings. The summed E-state index contributed by atoms with van der Waals surface area (Å²) in [5, 5.41) is 0. The third-order valence-corrected chi connectivity index (χ3v) is 3.28. The molecule has 2 rings (SSSR count). The average Bonchev–Trinajstić information content (AvgIpc) is 2.53. The molecule has 0 N–H and O–H groups in total. The Balaban J connectivity index is 2.13. The number of furan rings is 1. The number of rotatable bonds is 1. The van der Waals surface area contributed by atoms with Crippen LogP contribution in [0.3, 0.4) is 0 Å². The predicted molar refractivity (Wildman–Crippen MR) is 52.2 cm³/mol. The number of halogens is 1. The van der Waals surface area contributed by atoms with Gasteiger partial charge in [0.2, 0.25) is 0 Å². The van der Waals surface area contributed by atoms with Gasteiger partial charge < -0.3 is 4.42 Å². The van der Waals surface area contributed by atoms with E-state index in [1.165, 1.54) is 32.1 Å². The molecule has 0 atom stereocenters. The molecule has 1 nitrogen and oxygen atoms in total. The van der Waals surface area contributed by atoms with Crippen LogP contribution in [0, 0.1) is 0 Å². The zero-order chi connectivity index (χ0) is 8.39. The van der Waals surface area contributed by atoms with Crippen molar-refractivity contribution in [1.29, 1.82) is 0 Å². The van der Waals surface area contributed by atoms with Crippen LogP contribution >= 0.6 is 15.9 Å². The highest BCUT2D eigenvalue weighted by Gasteiger charge is 2.20. The van der Waals surface area contributed by atoms with Gasteiger partial charge in [0, 0.05) is 5.92 Å². The Hall–Kier alpha value is -0.240. The Morgan fingerprint density at radius 1 is 1.25 bits per heavy atom. The van der Waals surface area contributed by atoms with Crippen molar-refractivity contribution in [3.8, 4) is 0 Å². The van der Waals surface area contributed by atoms with Crippen molar-refractivity contribution < 1.29 is 4.42 Å². The first-order valence-electron chi connectivity index (χ1n) is 4.61. The zero-order valence-corrected chi connectivity index (χ0v) is 8.64. The van der Waals surface area contributed by atoms with Crippen LogP contribution in [0.1, 0.15) is 43.8 Å². The van der Waals surface area contributed by atoms with Crippen molar-refractivity contribution in [2.75, 3.05) is 0 Å². The van der Waals surface area contributed by atoms with Gasteiger partial charge in [-0.2, -0.15) is 0 Å². The lowest BCUT2D eigenvalue weighted by molar-refractivity contribution is 0.373. The molecular weight excluding hydrogens is 216 g/mol. The van der Waals surface area contributed by atoms with Gasteiger partial charge in [0.15, 0.2) is 0 Å². The molecular formula is C10H13BrO. The second-order valence-electron chi connectivity index (χ2n) is 3.47. The van der Waals surface area contributed by atoms with Gasteiger partial charge >= 0.3 is 0 Å². The summed E-state index contributed by atoms with van der Waals surface area (Å²) in [7, 11) is 0. The van der Waals surface area contributed by atoms with Crippen molar-refractivity contribution in [2.24, 2.45) is 0 Å². The summed E-state index contributed by atoms with van der Waals surface area (Å²) in [4.78, 5) is 0. The molecule has 0 saturated heterocycles. The normalized spacial score (nSPS) is 19.8. The summed E-state index contributed by atoms with van der Waals surface area (Å²) in [6.45, 7) is 0. The van der Waals surface area contributed by atoms with Gasteiger partial charge in [-0.3, -0.25) is 0 Å². The van der Waals surface area contributed by atoms with Crippen LogP contribution in [-0.2, 0) is 0 Å². The molecule has 1 aliphatic carbocycles. The highest BCUT2D eigenvalue weighted by molar-refractivity contribution is 9.10. The first-order chi connectivity index (χ1) is 5.88. The molecule has 2 heteroatoms. The van der Waals surface area contributed by atoms with Gasteiger partial charge in [-0.15, -0.1) is 0 Å². The van der Waals surface area contributed by atoms with Crippen LogP contribution in [0.15, 0.2) is 21.2 Å². The van der Waals surface area contributed by atoms with Gasteiger partial charge in [-0.05, 0) is 34.8 Å². The van der Waals surface area contributed by atoms with Crippen LogP contribution in [0.5, 0.6) is 0 Å². The van der Waals surface area contributed by atoms with Crippen molar-refractivity contribution in [2.45, 2.75) is 38.0 Å². The van der Waals surface area contributed by atoms with E-state index in [0.717, 1.165) is 10.2 Å². The topological polar surface area (TPSA) is 13.1 Å². The lowest BCUT2D eigenvalue weighted by atomic mass is 9.88. The van der Waals surface area contributed by atoms with Crippen LogP contribution in [0.2, 0.25) is 0 Å². The maximum Gasteiger partial charge on any atom is 0.120 e. The Bertz CT molecular complexity index is 248. The minimum atomic E-state index is 0.670. The Morgan fingerprint density at radius 2 is 2.00 bits per heavy atom. The Morgan fingerprint density at radius 3 is 2.58 bits per heavy atom. The molecule has 1 saturated carbocycles. The van der Waals surface area contributed by atoms with Crippen LogP contribution in [0.4, 0.5) is 0 Å². The van der Waals surface area contributed by atoms with E-state index < -0.39 is 0 Å². The lowest BCUT2D eigenvalue weighted by Crippen LogP contribution is -2.03. The van der Waals surface area contributed by atoms with Crippen molar-refractivity contribution in [1.82, 2.24) is 0 Å². The quantitative estimate of drug-likeness (QED) is 0.706. The van der Waals surface area contributed by atoms with E-state index in [1.54, 1.807) is 6.26 Å². The number of hydrogen-bond donors (Lipinski definition) is 0. The minimum Gasteiger partial charge on any atom is -0.468 e. The van der Waals surface area contributed by atoms with Gasteiger partial charge in [-0.25, -0.2) is 0 Å². The average molecular weight is 229 g/mol. The molecule has 0 radical (unpaired) electrons. The highest BCUT2D eigenvalue weighted by Crippen LogP contribution is 2.36. The fourth-order valence-corrected chi connectivity index (χ4v) is 2.49. The van der Waals surface area contributed by atoms with E-state index in [2.05, 4.69) is 15.9 Å². The van der Waals surface area contributed by atoms with Gasteiger partial charge in [0.1, 0.15) is 5.76 Å². The van der Waals surface area contributed by atoms with E-state index in [9.17, 15) is 0 Å². The molecule has 1 aromatic rings. The predicted octanol–water partition coefficient (Wildman–Crippen LogP) is 4.09. The van der Waals surface area contributed by atoms with Gasteiger partial charge in [0.25, 0.3) is 0 Å². The Labute approximate surface area is 81.3 Å². The van der Waals surface area contributed by atoms with Gasteiger partial charge in [-0.1, -0.05) is 19.3 Å². The van der Waals surface area contributed by atoms with E-state index in [4.69, 9.17) is 4.42 Å². The summed E-state index contributed by atoms with van der Waals surface area (Å²) < 4.78 is 6.60. The molecule has 0 aliphatic heterocycles. The summed E-state index contributed by atoms with van der Waals surface area (Å²) in [6.07, 6.45) is 8.48. The number of hydrogen-bond acceptors (Lipinski definition) is 1. The molecule has 0 unspecified atom stereocenters. The fourth-order valence-electron chi connectivity index (χ4n) is 1.96. The first kappa shape index (κ1) is 8.36. The zero-order valence-electron chi connectivity index (χ0n) is 7.05. The van der Waals surface area contributed by atoms with Crippen molar-refractivity contribution in [3.05, 3.63) is 22.6 Å². The molecule has 66 valence electrons. The molecule has 1 aliphatic rings. The third kappa shape index (κ3) is 1.58. The van der Waals surface area contributed by atoms with E-state index >= 15 is 0 Å². The largest absolute Gasteiger partial charge is 0.468 e. The standard InChI is InChI=1S/C10H13BrO/c11-9-6-7-12-10(9)8-4-2-1-3-5-8/h6-8H,1-5H2. The van der Waals surface area contributed by atoms with Crippen molar-refractivity contribution >= 4 is 15.9 Å². The smallest absolute Gasteiger partial charge is 0.120 e. The summed E-state index contributed by atoms with van der Waals surface area (Å²) in [5.41, 5.74) is 0. The molecule has 0 amide bonds. The third-order valence-electron chi connectivity index (χ3n) is 2.62. The highest BCUT2D eigenvalue weighted by atomic mass is 79.9. The summed E-state index contributed by atoms with van der Waals surface area (Å²) in [6, 6.07) is 1.99. The maximum atomic E-state index is 5.46. The molecule has 0 aromatic carbocycles. The van der Waals surface area contributed by atoms with E-state index in [1.807, 2.05) is 6.07 Å². The van der Waals surface area contributed by atoms with E-state index in [-0.39, 0.29) is 0 Å². The van der Waals surface area contributed by atoms with Crippen molar-refractivity contribution in [3.63, 3.8) is 0 Å². The summed E-state index contributed by atoms with van der Waals surface area (Å²) in [5.74, 6) is 1.83. The van der Waals surface area contributed by atoms with Crippen LogP contribution in [-0.4, -0.2) is 0 Å². The monoisotopic (exact) mass is 228 g/mol. The second kappa shape index (κ2) is 3.65. The Kier molecular flexibility index (Phi) is 2.54. The molecule has 0 spiro atoms.